The molecule has 0 aromatic heterocycles. The molecular formula is C11H16BNO3. The van der Waals surface area contributed by atoms with E-state index in [4.69, 9.17) is 10.0 Å². The number of piperidine rings is 1. The number of aliphatic hydroxyl groups excluding tert-OH is 1. The maximum atomic E-state index is 9.40. The van der Waals surface area contributed by atoms with Crippen molar-refractivity contribution in [1.82, 2.24) is 0 Å². The van der Waals surface area contributed by atoms with Crippen LogP contribution in [-0.2, 0) is 0 Å². The highest BCUT2D eigenvalue weighted by Crippen LogP contribution is 2.18. The summed E-state index contributed by atoms with van der Waals surface area (Å²) in [5, 5.41) is 27.3. The number of aliphatic hydroxyl groups is 1. The molecule has 0 aliphatic carbocycles. The normalized spacial score (nSPS) is 17.6. The van der Waals surface area contributed by atoms with Gasteiger partial charge in [0.2, 0.25) is 0 Å². The van der Waals surface area contributed by atoms with Crippen LogP contribution in [-0.4, -0.2) is 41.5 Å². The molecule has 1 aromatic carbocycles. The summed E-state index contributed by atoms with van der Waals surface area (Å²) >= 11 is 0. The van der Waals surface area contributed by atoms with Crippen LogP contribution in [0.2, 0.25) is 0 Å². The molecule has 2 rings (SSSR count). The van der Waals surface area contributed by atoms with Gasteiger partial charge in [-0.05, 0) is 30.4 Å². The summed E-state index contributed by atoms with van der Waals surface area (Å²) in [4.78, 5) is 2.19. The highest BCUT2D eigenvalue weighted by atomic mass is 16.4. The summed E-state index contributed by atoms with van der Waals surface area (Å²) in [5.74, 6) is 0. The minimum atomic E-state index is -1.41. The fraction of sp³-hybridized carbons (Fsp3) is 0.455. The smallest absolute Gasteiger partial charge is 0.423 e. The molecule has 0 bridgehead atoms. The van der Waals surface area contributed by atoms with Crippen LogP contribution in [0.1, 0.15) is 12.8 Å². The molecular weight excluding hydrogens is 205 g/mol. The molecule has 0 unspecified atom stereocenters. The minimum Gasteiger partial charge on any atom is -0.423 e. The lowest BCUT2D eigenvalue weighted by Crippen LogP contribution is -2.36. The minimum absolute atomic E-state index is 0.171. The van der Waals surface area contributed by atoms with E-state index in [1.165, 1.54) is 0 Å². The van der Waals surface area contributed by atoms with Gasteiger partial charge in [-0.1, -0.05) is 12.1 Å². The summed E-state index contributed by atoms with van der Waals surface area (Å²) in [6, 6.07) is 7.19. The van der Waals surface area contributed by atoms with Gasteiger partial charge < -0.3 is 20.1 Å². The van der Waals surface area contributed by atoms with Crippen molar-refractivity contribution in [2.75, 3.05) is 18.0 Å². The predicted molar refractivity (Wildman–Crippen MR) is 63.7 cm³/mol. The van der Waals surface area contributed by atoms with Crippen molar-refractivity contribution < 1.29 is 15.2 Å². The van der Waals surface area contributed by atoms with Gasteiger partial charge in [-0.15, -0.1) is 0 Å². The van der Waals surface area contributed by atoms with Crippen molar-refractivity contribution in [3.8, 4) is 0 Å². The maximum absolute atomic E-state index is 9.40. The molecule has 5 heteroatoms. The van der Waals surface area contributed by atoms with Gasteiger partial charge in [0.05, 0.1) is 6.10 Å². The molecule has 1 aliphatic heterocycles. The van der Waals surface area contributed by atoms with Crippen LogP contribution < -0.4 is 10.4 Å². The van der Waals surface area contributed by atoms with Crippen molar-refractivity contribution in [3.63, 3.8) is 0 Å². The largest absolute Gasteiger partial charge is 0.488 e. The molecule has 3 N–H and O–H groups in total. The highest BCUT2D eigenvalue weighted by Gasteiger charge is 2.17. The summed E-state index contributed by atoms with van der Waals surface area (Å²) in [6.45, 7) is 1.70. The Morgan fingerprint density at radius 2 is 1.62 bits per heavy atom. The Balaban J connectivity index is 2.04. The first-order chi connectivity index (χ1) is 7.66. The number of hydrogen-bond acceptors (Lipinski definition) is 4. The van der Waals surface area contributed by atoms with E-state index in [9.17, 15) is 5.11 Å². The van der Waals surface area contributed by atoms with Crippen LogP contribution in [0.25, 0.3) is 0 Å². The lowest BCUT2D eigenvalue weighted by Gasteiger charge is -2.31. The topological polar surface area (TPSA) is 63.9 Å². The van der Waals surface area contributed by atoms with Gasteiger partial charge in [0.15, 0.2) is 0 Å². The van der Waals surface area contributed by atoms with E-state index in [-0.39, 0.29) is 6.10 Å². The van der Waals surface area contributed by atoms with E-state index < -0.39 is 7.12 Å². The molecule has 16 heavy (non-hydrogen) atoms. The second kappa shape index (κ2) is 4.87. The van der Waals surface area contributed by atoms with Gasteiger partial charge in [-0.3, -0.25) is 0 Å². The number of anilines is 1. The van der Waals surface area contributed by atoms with E-state index in [1.54, 1.807) is 12.1 Å². The predicted octanol–water partition coefficient (Wildman–Crippen LogP) is -0.673. The Morgan fingerprint density at radius 1 is 1.06 bits per heavy atom. The van der Waals surface area contributed by atoms with Gasteiger partial charge in [0.25, 0.3) is 0 Å². The lowest BCUT2D eigenvalue weighted by molar-refractivity contribution is 0.145. The van der Waals surface area contributed by atoms with Gasteiger partial charge in [-0.2, -0.15) is 0 Å². The van der Waals surface area contributed by atoms with E-state index in [1.807, 2.05) is 12.1 Å². The zero-order valence-corrected chi connectivity index (χ0v) is 9.08. The zero-order chi connectivity index (χ0) is 11.5. The number of nitrogens with zero attached hydrogens (tertiary/aromatic N) is 1. The molecule has 1 aliphatic rings. The van der Waals surface area contributed by atoms with Crippen LogP contribution in [0.5, 0.6) is 0 Å². The first-order valence-electron chi connectivity index (χ1n) is 5.56. The van der Waals surface area contributed by atoms with Crippen molar-refractivity contribution in [1.29, 1.82) is 0 Å². The van der Waals surface area contributed by atoms with Crippen molar-refractivity contribution in [2.45, 2.75) is 18.9 Å². The third kappa shape index (κ3) is 2.55. The lowest BCUT2D eigenvalue weighted by atomic mass is 9.80. The first-order valence-corrected chi connectivity index (χ1v) is 5.56. The van der Waals surface area contributed by atoms with Crippen LogP contribution in [0.15, 0.2) is 24.3 Å². The van der Waals surface area contributed by atoms with Crippen LogP contribution in [0, 0.1) is 0 Å². The molecule has 0 amide bonds. The van der Waals surface area contributed by atoms with Gasteiger partial charge in [0.1, 0.15) is 0 Å². The second-order valence-corrected chi connectivity index (χ2v) is 4.18. The fourth-order valence-electron chi connectivity index (χ4n) is 1.98. The van der Waals surface area contributed by atoms with Gasteiger partial charge in [0, 0.05) is 18.8 Å². The molecule has 1 heterocycles. The van der Waals surface area contributed by atoms with Crippen LogP contribution >= 0.6 is 0 Å². The van der Waals surface area contributed by atoms with Crippen LogP contribution in [0.3, 0.4) is 0 Å². The van der Waals surface area contributed by atoms with Crippen molar-refractivity contribution in [3.05, 3.63) is 24.3 Å². The number of hydrogen-bond donors (Lipinski definition) is 3. The quantitative estimate of drug-likeness (QED) is 0.579. The fourth-order valence-corrected chi connectivity index (χ4v) is 1.98. The molecule has 0 saturated carbocycles. The Morgan fingerprint density at radius 3 is 2.12 bits per heavy atom. The molecule has 1 aromatic rings. The first kappa shape index (κ1) is 11.5. The molecule has 0 radical (unpaired) electrons. The Labute approximate surface area is 95.3 Å². The number of rotatable bonds is 2. The molecule has 86 valence electrons. The Hall–Kier alpha value is -1.04. The third-order valence-corrected chi connectivity index (χ3v) is 3.02. The maximum Gasteiger partial charge on any atom is 0.488 e. The molecule has 1 fully saturated rings. The SMILES string of the molecule is OB(O)c1ccc(N2CCC(O)CC2)cc1. The highest BCUT2D eigenvalue weighted by molar-refractivity contribution is 6.58. The Kier molecular flexibility index (Phi) is 3.48. The van der Waals surface area contributed by atoms with Gasteiger partial charge in [-0.25, -0.2) is 0 Å². The summed E-state index contributed by atoms with van der Waals surface area (Å²) < 4.78 is 0. The molecule has 0 spiro atoms. The van der Waals surface area contributed by atoms with Crippen molar-refractivity contribution >= 4 is 18.3 Å². The molecule has 4 nitrogen and oxygen atoms in total. The monoisotopic (exact) mass is 221 g/mol. The van der Waals surface area contributed by atoms with E-state index in [2.05, 4.69) is 4.90 Å². The standard InChI is InChI=1S/C11H16BNO3/c14-11-5-7-13(8-6-11)10-3-1-9(2-4-10)12(15)16/h1-4,11,14-16H,5-8H2. The second-order valence-electron chi connectivity index (χ2n) is 4.18. The molecule has 1 saturated heterocycles. The zero-order valence-electron chi connectivity index (χ0n) is 9.08. The van der Waals surface area contributed by atoms with Crippen molar-refractivity contribution in [2.24, 2.45) is 0 Å². The molecule has 0 atom stereocenters. The number of benzene rings is 1. The Bertz CT molecular complexity index is 334. The third-order valence-electron chi connectivity index (χ3n) is 3.02. The van der Waals surface area contributed by atoms with E-state index >= 15 is 0 Å². The summed E-state index contributed by atoms with van der Waals surface area (Å²) in [7, 11) is -1.41. The summed E-state index contributed by atoms with van der Waals surface area (Å²) in [5.41, 5.74) is 1.57. The van der Waals surface area contributed by atoms with E-state index in [0.717, 1.165) is 31.6 Å². The average molecular weight is 221 g/mol. The summed E-state index contributed by atoms with van der Waals surface area (Å²) in [6.07, 6.45) is 1.42. The van der Waals surface area contributed by atoms with Crippen LogP contribution in [0.4, 0.5) is 5.69 Å². The van der Waals surface area contributed by atoms with Gasteiger partial charge >= 0.3 is 7.12 Å². The average Bonchev–Trinajstić information content (AvgIpc) is 2.30. The van der Waals surface area contributed by atoms with E-state index in [0.29, 0.717) is 5.46 Å².